The number of furan rings is 1. The number of benzene rings is 1. The van der Waals surface area contributed by atoms with E-state index in [2.05, 4.69) is 0 Å². The van der Waals surface area contributed by atoms with E-state index in [1.807, 2.05) is 0 Å². The number of sulfonamides is 1. The first-order valence-electron chi connectivity index (χ1n) is 6.23. The van der Waals surface area contributed by atoms with Crippen molar-refractivity contribution < 1.29 is 22.3 Å². The van der Waals surface area contributed by atoms with Crippen molar-refractivity contribution >= 4 is 15.7 Å². The molecule has 5 nitrogen and oxygen atoms in total. The Labute approximate surface area is 122 Å². The lowest BCUT2D eigenvalue weighted by molar-refractivity contribution is 0.276. The highest BCUT2D eigenvalue weighted by Crippen LogP contribution is 2.31. The molecular formula is C14H16FNO4S. The maximum atomic E-state index is 13.3. The number of hydrogen-bond acceptors (Lipinski definition) is 4. The smallest absolute Gasteiger partial charge is 0.267 e. The number of halogens is 1. The molecule has 0 fully saturated rings. The molecule has 0 radical (unpaired) electrons. The summed E-state index contributed by atoms with van der Waals surface area (Å²) in [5, 5.41) is 9.37. The minimum atomic E-state index is -3.95. The van der Waals surface area contributed by atoms with E-state index in [4.69, 9.17) is 4.42 Å². The van der Waals surface area contributed by atoms with E-state index in [-0.39, 0.29) is 21.9 Å². The monoisotopic (exact) mass is 313 g/mol. The summed E-state index contributed by atoms with van der Waals surface area (Å²) in [6.07, 6.45) is 0. The van der Waals surface area contributed by atoms with Gasteiger partial charge in [-0.15, -0.1) is 0 Å². The van der Waals surface area contributed by atoms with Gasteiger partial charge in [0.15, 0.2) is 0 Å². The largest absolute Gasteiger partial charge is 0.465 e. The fraction of sp³-hybridized carbons (Fsp3) is 0.286. The van der Waals surface area contributed by atoms with Crippen LogP contribution in [0.25, 0.3) is 0 Å². The molecule has 2 rings (SSSR count). The molecule has 1 aromatic carbocycles. The Hall–Kier alpha value is -1.86. The highest BCUT2D eigenvalue weighted by atomic mass is 32.2. The predicted octanol–water partition coefficient (Wildman–Crippen LogP) is 2.35. The van der Waals surface area contributed by atoms with Crippen molar-refractivity contribution in [3.05, 3.63) is 47.2 Å². The zero-order valence-electron chi connectivity index (χ0n) is 11.9. The van der Waals surface area contributed by atoms with E-state index in [1.54, 1.807) is 6.92 Å². The summed E-state index contributed by atoms with van der Waals surface area (Å²) in [7, 11) is -2.62. The maximum absolute atomic E-state index is 13.3. The molecule has 114 valence electrons. The van der Waals surface area contributed by atoms with E-state index in [9.17, 15) is 17.9 Å². The van der Waals surface area contributed by atoms with Gasteiger partial charge in [0, 0.05) is 12.6 Å². The van der Waals surface area contributed by atoms with Gasteiger partial charge < -0.3 is 9.52 Å². The van der Waals surface area contributed by atoms with Crippen LogP contribution in [-0.4, -0.2) is 20.6 Å². The van der Waals surface area contributed by atoms with Crippen LogP contribution in [0.1, 0.15) is 17.1 Å². The normalized spacial score (nSPS) is 11.7. The molecule has 1 aromatic heterocycles. The van der Waals surface area contributed by atoms with E-state index >= 15 is 0 Å². The molecular weight excluding hydrogens is 297 g/mol. The summed E-state index contributed by atoms with van der Waals surface area (Å²) in [5.41, 5.74) is 0.410. The fourth-order valence-electron chi connectivity index (χ4n) is 2.18. The third-order valence-electron chi connectivity index (χ3n) is 3.27. The van der Waals surface area contributed by atoms with Crippen LogP contribution in [0.4, 0.5) is 10.1 Å². The zero-order valence-corrected chi connectivity index (χ0v) is 12.7. The quantitative estimate of drug-likeness (QED) is 0.940. The number of aryl methyl sites for hydroxylation is 2. The second-order valence-corrected chi connectivity index (χ2v) is 6.54. The Morgan fingerprint density at radius 1 is 1.29 bits per heavy atom. The Kier molecular flexibility index (Phi) is 4.06. The molecule has 21 heavy (non-hydrogen) atoms. The highest BCUT2D eigenvalue weighted by molar-refractivity contribution is 7.92. The SMILES string of the molecule is Cc1oc(C)c(S(=O)(=O)N(C)c2cccc(F)c2)c1CO. The van der Waals surface area contributed by atoms with Crippen LogP contribution in [0.5, 0.6) is 0 Å². The molecule has 0 unspecified atom stereocenters. The van der Waals surface area contributed by atoms with Crippen LogP contribution in [0.15, 0.2) is 33.6 Å². The fourth-order valence-corrected chi connectivity index (χ4v) is 3.77. The predicted molar refractivity (Wildman–Crippen MR) is 76.1 cm³/mol. The van der Waals surface area contributed by atoms with Crippen LogP contribution < -0.4 is 4.31 Å². The summed E-state index contributed by atoms with van der Waals surface area (Å²) in [6, 6.07) is 5.27. The van der Waals surface area contributed by atoms with Gasteiger partial charge >= 0.3 is 0 Å². The molecule has 0 amide bonds. The molecule has 0 spiro atoms. The van der Waals surface area contributed by atoms with Crippen LogP contribution >= 0.6 is 0 Å². The molecule has 0 aliphatic carbocycles. The molecule has 1 heterocycles. The lowest BCUT2D eigenvalue weighted by Gasteiger charge is -2.19. The average Bonchev–Trinajstić information content (AvgIpc) is 2.72. The Morgan fingerprint density at radius 2 is 1.95 bits per heavy atom. The van der Waals surface area contributed by atoms with Gasteiger partial charge in [0.25, 0.3) is 10.0 Å². The third kappa shape index (κ3) is 2.66. The minimum Gasteiger partial charge on any atom is -0.465 e. The first kappa shape index (κ1) is 15.5. The summed E-state index contributed by atoms with van der Waals surface area (Å²) in [5.74, 6) is 0.0121. The van der Waals surface area contributed by atoms with Gasteiger partial charge in [0.1, 0.15) is 22.2 Å². The summed E-state index contributed by atoms with van der Waals surface area (Å²) in [6.45, 7) is 2.65. The topological polar surface area (TPSA) is 70.8 Å². The molecule has 2 aromatic rings. The highest BCUT2D eigenvalue weighted by Gasteiger charge is 2.30. The lowest BCUT2D eigenvalue weighted by atomic mass is 10.2. The summed E-state index contributed by atoms with van der Waals surface area (Å²) >= 11 is 0. The van der Waals surface area contributed by atoms with E-state index in [0.717, 1.165) is 10.4 Å². The number of aliphatic hydroxyl groups is 1. The van der Waals surface area contributed by atoms with Crippen LogP contribution in [-0.2, 0) is 16.6 Å². The van der Waals surface area contributed by atoms with Gasteiger partial charge in [0.05, 0.1) is 12.3 Å². The van der Waals surface area contributed by atoms with E-state index in [1.165, 1.54) is 32.2 Å². The van der Waals surface area contributed by atoms with Crippen molar-refractivity contribution in [2.45, 2.75) is 25.3 Å². The molecule has 0 aliphatic rings. The van der Waals surface area contributed by atoms with E-state index < -0.39 is 22.4 Å². The van der Waals surface area contributed by atoms with Crippen molar-refractivity contribution in [3.8, 4) is 0 Å². The van der Waals surface area contributed by atoms with Gasteiger partial charge in [-0.2, -0.15) is 0 Å². The van der Waals surface area contributed by atoms with Gasteiger partial charge in [-0.1, -0.05) is 6.07 Å². The molecule has 7 heteroatoms. The van der Waals surface area contributed by atoms with Crippen molar-refractivity contribution in [2.24, 2.45) is 0 Å². The second-order valence-electron chi connectivity index (χ2n) is 4.63. The van der Waals surface area contributed by atoms with Crippen LogP contribution in [0, 0.1) is 19.7 Å². The second kappa shape index (κ2) is 5.50. The molecule has 0 atom stereocenters. The molecule has 1 N–H and O–H groups in total. The van der Waals surface area contributed by atoms with Crippen LogP contribution in [0.3, 0.4) is 0 Å². The zero-order chi connectivity index (χ0) is 15.8. The molecule has 0 saturated heterocycles. The first-order chi connectivity index (χ1) is 9.78. The van der Waals surface area contributed by atoms with Crippen LogP contribution in [0.2, 0.25) is 0 Å². The first-order valence-corrected chi connectivity index (χ1v) is 7.67. The molecule has 0 saturated carbocycles. The van der Waals surface area contributed by atoms with Crippen molar-refractivity contribution in [3.63, 3.8) is 0 Å². The third-order valence-corrected chi connectivity index (χ3v) is 5.26. The Balaban J connectivity index is 2.57. The Morgan fingerprint density at radius 3 is 2.52 bits per heavy atom. The van der Waals surface area contributed by atoms with Crippen molar-refractivity contribution in [1.82, 2.24) is 0 Å². The summed E-state index contributed by atoms with van der Waals surface area (Å²) < 4.78 is 44.9. The van der Waals surface area contributed by atoms with Gasteiger partial charge in [-0.05, 0) is 32.0 Å². The minimum absolute atomic E-state index is 0.0748. The Bertz CT molecular complexity index is 767. The number of anilines is 1. The molecule has 0 aliphatic heterocycles. The van der Waals surface area contributed by atoms with Crippen molar-refractivity contribution in [2.75, 3.05) is 11.4 Å². The number of aliphatic hydroxyl groups excluding tert-OH is 1. The van der Waals surface area contributed by atoms with E-state index in [0.29, 0.717) is 5.76 Å². The standard InChI is InChI=1S/C14H16FNO4S/c1-9-13(8-17)14(10(2)20-9)21(18,19)16(3)12-6-4-5-11(15)7-12/h4-7,17H,8H2,1-3H3. The average molecular weight is 313 g/mol. The number of nitrogens with zero attached hydrogens (tertiary/aromatic N) is 1. The molecule has 0 bridgehead atoms. The number of rotatable bonds is 4. The van der Waals surface area contributed by atoms with Gasteiger partial charge in [-0.25, -0.2) is 12.8 Å². The lowest BCUT2D eigenvalue weighted by Crippen LogP contribution is -2.27. The summed E-state index contributed by atoms with van der Waals surface area (Å²) in [4.78, 5) is -0.0748. The van der Waals surface area contributed by atoms with Gasteiger partial charge in [-0.3, -0.25) is 4.31 Å². The van der Waals surface area contributed by atoms with Gasteiger partial charge in [0.2, 0.25) is 0 Å². The van der Waals surface area contributed by atoms with Crippen molar-refractivity contribution in [1.29, 1.82) is 0 Å². The number of hydrogen-bond donors (Lipinski definition) is 1. The maximum Gasteiger partial charge on any atom is 0.267 e.